The summed E-state index contributed by atoms with van der Waals surface area (Å²) in [5, 5.41) is 14.3. The first-order chi connectivity index (χ1) is 16.4. The molecule has 4 N–H and O–H groups in total. The van der Waals surface area contributed by atoms with Crippen molar-refractivity contribution in [1.29, 1.82) is 0 Å². The lowest BCUT2D eigenvalue weighted by atomic mass is 10.1. The molecule has 1 atom stereocenters. The molecule has 0 aliphatic heterocycles. The Kier molecular flexibility index (Phi) is 5.69. The summed E-state index contributed by atoms with van der Waals surface area (Å²) in [6.07, 6.45) is 4.42. The van der Waals surface area contributed by atoms with E-state index in [4.69, 9.17) is 16.6 Å². The molecule has 0 spiro atoms. The van der Waals surface area contributed by atoms with Gasteiger partial charge in [-0.3, -0.25) is 4.79 Å². The van der Waals surface area contributed by atoms with Gasteiger partial charge in [-0.1, -0.05) is 23.7 Å². The van der Waals surface area contributed by atoms with Crippen molar-refractivity contribution < 1.29 is 5.11 Å². The highest BCUT2D eigenvalue weighted by Gasteiger charge is 2.17. The standard InChI is InChI=1S/C25H23ClN6O2/c1-14-10-18(32-9-8-27-15(32)2)12-20-23(14)31-24(30-20)22-19(6-7-28-25(22)34)29-13-21(33)16-4-3-5-17(26)11-16/h3-12,21,33H,13H2,1-2H3,(H,30,31)(H2,28,29,34)/t21-/m1/s1. The molecule has 0 saturated heterocycles. The van der Waals surface area contributed by atoms with E-state index in [1.54, 1.807) is 42.7 Å². The number of aromatic amines is 2. The van der Waals surface area contributed by atoms with Crippen LogP contribution in [0, 0.1) is 13.8 Å². The van der Waals surface area contributed by atoms with Gasteiger partial charge in [0, 0.05) is 35.8 Å². The van der Waals surface area contributed by atoms with E-state index < -0.39 is 6.10 Å². The van der Waals surface area contributed by atoms with Crippen molar-refractivity contribution in [2.75, 3.05) is 11.9 Å². The molecule has 9 heteroatoms. The lowest BCUT2D eigenvalue weighted by molar-refractivity contribution is 0.191. The molecule has 3 heterocycles. The maximum atomic E-state index is 12.8. The highest BCUT2D eigenvalue weighted by atomic mass is 35.5. The van der Waals surface area contributed by atoms with Gasteiger partial charge in [0.2, 0.25) is 0 Å². The molecule has 0 aliphatic rings. The van der Waals surface area contributed by atoms with Gasteiger partial charge in [0.1, 0.15) is 17.2 Å². The number of halogens is 1. The van der Waals surface area contributed by atoms with E-state index in [0.717, 1.165) is 28.1 Å². The van der Waals surface area contributed by atoms with Crippen LogP contribution in [0.2, 0.25) is 5.02 Å². The van der Waals surface area contributed by atoms with Crippen LogP contribution >= 0.6 is 11.6 Å². The molecule has 5 rings (SSSR count). The number of aliphatic hydroxyl groups is 1. The van der Waals surface area contributed by atoms with Gasteiger partial charge in [-0.25, -0.2) is 9.97 Å². The molecule has 0 aliphatic carbocycles. The van der Waals surface area contributed by atoms with E-state index in [9.17, 15) is 9.90 Å². The Bertz CT molecular complexity index is 1550. The molecule has 34 heavy (non-hydrogen) atoms. The summed E-state index contributed by atoms with van der Waals surface area (Å²) in [6.45, 7) is 4.12. The number of anilines is 1. The number of benzene rings is 2. The molecule has 5 aromatic rings. The Morgan fingerprint density at radius 2 is 2.06 bits per heavy atom. The number of nitrogens with one attached hydrogen (secondary N) is 3. The quantitative estimate of drug-likeness (QED) is 0.289. The second-order valence-corrected chi connectivity index (χ2v) is 8.57. The van der Waals surface area contributed by atoms with E-state index in [1.807, 2.05) is 36.7 Å². The van der Waals surface area contributed by atoms with E-state index in [-0.39, 0.29) is 12.1 Å². The lowest BCUT2D eigenvalue weighted by Crippen LogP contribution is -2.17. The number of nitrogens with zero attached hydrogens (tertiary/aromatic N) is 3. The normalized spacial score (nSPS) is 12.2. The zero-order valence-corrected chi connectivity index (χ0v) is 19.4. The second-order valence-electron chi connectivity index (χ2n) is 8.14. The van der Waals surface area contributed by atoms with Crippen molar-refractivity contribution >= 4 is 28.3 Å². The minimum atomic E-state index is -0.801. The Morgan fingerprint density at radius 3 is 2.82 bits per heavy atom. The Hall–Kier alpha value is -3.88. The average molecular weight is 475 g/mol. The summed E-state index contributed by atoms with van der Waals surface area (Å²) in [5.74, 6) is 1.32. The molecule has 0 unspecified atom stereocenters. The minimum absolute atomic E-state index is 0.195. The van der Waals surface area contributed by atoms with Crippen LogP contribution in [0.15, 0.2) is 65.8 Å². The van der Waals surface area contributed by atoms with Crippen LogP contribution in [-0.2, 0) is 0 Å². The van der Waals surface area contributed by atoms with Crippen molar-refractivity contribution in [3.63, 3.8) is 0 Å². The SMILES string of the molecule is Cc1cc(-n2ccnc2C)cc2[nH]c(-c3c(NC[C@@H](O)c4cccc(Cl)c4)cc[nH]c3=O)nc12. The molecule has 0 radical (unpaired) electrons. The van der Waals surface area contributed by atoms with Crippen molar-refractivity contribution in [1.82, 2.24) is 24.5 Å². The number of pyridine rings is 1. The first-order valence-electron chi connectivity index (χ1n) is 10.8. The van der Waals surface area contributed by atoms with Crippen LogP contribution in [0.25, 0.3) is 28.1 Å². The molecular formula is C25H23ClN6O2. The van der Waals surface area contributed by atoms with Crippen molar-refractivity contribution in [3.05, 3.63) is 93.4 Å². The topological polar surface area (TPSA) is 112 Å². The third-order valence-electron chi connectivity index (χ3n) is 5.78. The summed E-state index contributed by atoms with van der Waals surface area (Å²) in [5.41, 5.74) is 4.86. The number of hydrogen-bond acceptors (Lipinski definition) is 5. The summed E-state index contributed by atoms with van der Waals surface area (Å²) >= 11 is 6.04. The highest BCUT2D eigenvalue weighted by molar-refractivity contribution is 6.30. The van der Waals surface area contributed by atoms with Gasteiger partial charge < -0.3 is 25.0 Å². The largest absolute Gasteiger partial charge is 0.387 e. The number of H-pyrrole nitrogens is 2. The molecule has 172 valence electrons. The molecule has 0 saturated carbocycles. The van der Waals surface area contributed by atoms with E-state index in [1.165, 1.54) is 0 Å². The fourth-order valence-electron chi connectivity index (χ4n) is 4.08. The molecule has 3 aromatic heterocycles. The number of hydrogen-bond donors (Lipinski definition) is 4. The molecule has 8 nitrogen and oxygen atoms in total. The predicted molar refractivity (Wildman–Crippen MR) is 134 cm³/mol. The van der Waals surface area contributed by atoms with Gasteiger partial charge in [-0.15, -0.1) is 0 Å². The summed E-state index contributed by atoms with van der Waals surface area (Å²) in [4.78, 5) is 27.8. The van der Waals surface area contributed by atoms with Crippen LogP contribution in [0.4, 0.5) is 5.69 Å². The van der Waals surface area contributed by atoms with E-state index >= 15 is 0 Å². The first kappa shape index (κ1) is 21.9. The molecule has 2 aromatic carbocycles. The Morgan fingerprint density at radius 1 is 1.21 bits per heavy atom. The predicted octanol–water partition coefficient (Wildman–Crippen LogP) is 4.52. The van der Waals surface area contributed by atoms with Crippen LogP contribution in [0.3, 0.4) is 0 Å². The van der Waals surface area contributed by atoms with Crippen molar-refractivity contribution in [2.24, 2.45) is 0 Å². The number of rotatable bonds is 6. The van der Waals surface area contributed by atoms with Gasteiger partial charge in [-0.2, -0.15) is 0 Å². The van der Waals surface area contributed by atoms with Gasteiger partial charge >= 0.3 is 0 Å². The van der Waals surface area contributed by atoms with Crippen LogP contribution in [0.1, 0.15) is 23.1 Å². The smallest absolute Gasteiger partial charge is 0.261 e. The minimum Gasteiger partial charge on any atom is -0.387 e. The average Bonchev–Trinajstić information content (AvgIpc) is 3.43. The highest BCUT2D eigenvalue weighted by Crippen LogP contribution is 2.28. The van der Waals surface area contributed by atoms with E-state index in [0.29, 0.717) is 27.7 Å². The van der Waals surface area contributed by atoms with Crippen LogP contribution in [0.5, 0.6) is 0 Å². The first-order valence-corrected chi connectivity index (χ1v) is 11.2. The van der Waals surface area contributed by atoms with Gasteiger partial charge in [0.05, 0.1) is 22.8 Å². The van der Waals surface area contributed by atoms with Gasteiger partial charge in [0.15, 0.2) is 0 Å². The van der Waals surface area contributed by atoms with Gasteiger partial charge in [-0.05, 0) is 55.3 Å². The fraction of sp³-hybridized carbons (Fsp3) is 0.160. The third-order valence-corrected chi connectivity index (χ3v) is 6.02. The van der Waals surface area contributed by atoms with E-state index in [2.05, 4.69) is 20.3 Å². The Labute approximate surface area is 200 Å². The number of fused-ring (bicyclic) bond motifs is 1. The van der Waals surface area contributed by atoms with Crippen LogP contribution < -0.4 is 10.9 Å². The monoisotopic (exact) mass is 474 g/mol. The summed E-state index contributed by atoms with van der Waals surface area (Å²) in [6, 6.07) is 12.8. The Balaban J connectivity index is 1.50. The van der Waals surface area contributed by atoms with Gasteiger partial charge in [0.25, 0.3) is 5.56 Å². The van der Waals surface area contributed by atoms with Crippen molar-refractivity contribution in [3.8, 4) is 17.1 Å². The maximum absolute atomic E-state index is 12.8. The van der Waals surface area contributed by atoms with Crippen LogP contribution in [-0.4, -0.2) is 36.2 Å². The number of aryl methyl sites for hydroxylation is 2. The number of aliphatic hydroxyl groups excluding tert-OH is 1. The maximum Gasteiger partial charge on any atom is 0.261 e. The zero-order valence-electron chi connectivity index (χ0n) is 18.6. The summed E-state index contributed by atoms with van der Waals surface area (Å²) < 4.78 is 1.99. The molecular weight excluding hydrogens is 452 g/mol. The lowest BCUT2D eigenvalue weighted by Gasteiger charge is -2.15. The second kappa shape index (κ2) is 8.81. The number of aromatic nitrogens is 5. The fourth-order valence-corrected chi connectivity index (χ4v) is 4.28. The molecule has 0 amide bonds. The zero-order chi connectivity index (χ0) is 23.8. The van der Waals surface area contributed by atoms with Crippen molar-refractivity contribution in [2.45, 2.75) is 20.0 Å². The number of imidazole rings is 2. The summed E-state index contributed by atoms with van der Waals surface area (Å²) in [7, 11) is 0. The molecule has 0 bridgehead atoms. The third kappa shape index (κ3) is 4.09. The molecule has 0 fully saturated rings.